The van der Waals surface area contributed by atoms with Crippen LogP contribution in [0.3, 0.4) is 0 Å². The zero-order valence-electron chi connectivity index (χ0n) is 10.5. The van der Waals surface area contributed by atoms with E-state index in [0.717, 1.165) is 15.8 Å². The number of hydrogen-bond acceptors (Lipinski definition) is 2. The van der Waals surface area contributed by atoms with E-state index < -0.39 is 0 Å². The lowest BCUT2D eigenvalue weighted by Crippen LogP contribution is -1.93. The minimum absolute atomic E-state index is 0.0253. The molecule has 0 bridgehead atoms. The zero-order chi connectivity index (χ0) is 13.7. The number of allylic oxidation sites excluding steroid dienone is 1. The van der Waals surface area contributed by atoms with Crippen LogP contribution in [0.1, 0.15) is 15.9 Å². The lowest BCUT2D eigenvalue weighted by atomic mass is 10.1. The number of rotatable bonds is 4. The van der Waals surface area contributed by atoms with Gasteiger partial charge >= 0.3 is 0 Å². The number of benzene rings is 2. The first-order valence-electron chi connectivity index (χ1n) is 5.81. The summed E-state index contributed by atoms with van der Waals surface area (Å²) < 4.78 is 6.20. The highest BCUT2D eigenvalue weighted by Crippen LogP contribution is 2.24. The van der Waals surface area contributed by atoms with Crippen LogP contribution in [0.15, 0.2) is 59.1 Å². The highest BCUT2D eigenvalue weighted by atomic mass is 79.9. The van der Waals surface area contributed by atoms with Crippen LogP contribution in [0.2, 0.25) is 0 Å². The van der Waals surface area contributed by atoms with Crippen molar-refractivity contribution >= 4 is 27.8 Å². The smallest absolute Gasteiger partial charge is 0.185 e. The van der Waals surface area contributed by atoms with Crippen LogP contribution in [-0.4, -0.2) is 12.9 Å². The maximum absolute atomic E-state index is 12.0. The summed E-state index contributed by atoms with van der Waals surface area (Å²) in [5.74, 6) is 0.711. The van der Waals surface area contributed by atoms with E-state index in [4.69, 9.17) is 4.74 Å². The van der Waals surface area contributed by atoms with Crippen molar-refractivity contribution in [1.82, 2.24) is 0 Å². The first-order valence-corrected chi connectivity index (χ1v) is 6.61. The van der Waals surface area contributed by atoms with E-state index in [-0.39, 0.29) is 5.78 Å². The molecule has 0 aromatic heterocycles. The molecule has 0 heterocycles. The molecule has 0 saturated carbocycles. The first kappa shape index (κ1) is 13.6. The van der Waals surface area contributed by atoms with Crippen LogP contribution in [0.4, 0.5) is 0 Å². The van der Waals surface area contributed by atoms with Gasteiger partial charge in [-0.25, -0.2) is 0 Å². The molecule has 0 amide bonds. The summed E-state index contributed by atoms with van der Waals surface area (Å²) in [5.41, 5.74) is 1.54. The summed E-state index contributed by atoms with van der Waals surface area (Å²) in [5, 5.41) is 0. The van der Waals surface area contributed by atoms with Crippen molar-refractivity contribution < 1.29 is 9.53 Å². The standard InChI is InChI=1S/C16H13BrO2/c1-19-16-10-8-14(17)11-13(16)7-9-15(18)12-5-3-2-4-6-12/h2-11H,1H3/b9-7+. The molecule has 2 aromatic rings. The molecule has 2 rings (SSSR count). The Bertz CT molecular complexity index is 603. The molecule has 0 radical (unpaired) electrons. The van der Waals surface area contributed by atoms with Crippen LogP contribution < -0.4 is 4.74 Å². The average molecular weight is 317 g/mol. The Kier molecular flexibility index (Phi) is 4.53. The Morgan fingerprint density at radius 3 is 2.58 bits per heavy atom. The van der Waals surface area contributed by atoms with Gasteiger partial charge in [-0.3, -0.25) is 4.79 Å². The highest BCUT2D eigenvalue weighted by Gasteiger charge is 2.03. The molecular formula is C16H13BrO2. The Hall–Kier alpha value is -1.87. The van der Waals surface area contributed by atoms with Crippen molar-refractivity contribution in [2.24, 2.45) is 0 Å². The molecule has 2 nitrogen and oxygen atoms in total. The second-order valence-electron chi connectivity index (χ2n) is 3.95. The molecule has 0 N–H and O–H groups in total. The molecule has 0 aliphatic heterocycles. The Labute approximate surface area is 120 Å². The normalized spacial score (nSPS) is 10.6. The second kappa shape index (κ2) is 6.34. The number of methoxy groups -OCH3 is 1. The van der Waals surface area contributed by atoms with Crippen molar-refractivity contribution in [3.8, 4) is 5.75 Å². The molecule has 0 atom stereocenters. The van der Waals surface area contributed by atoms with Gasteiger partial charge in [0.15, 0.2) is 5.78 Å². The van der Waals surface area contributed by atoms with Crippen LogP contribution in [0, 0.1) is 0 Å². The first-order chi connectivity index (χ1) is 9.20. The van der Waals surface area contributed by atoms with Crippen LogP contribution in [0.5, 0.6) is 5.75 Å². The Morgan fingerprint density at radius 2 is 1.89 bits per heavy atom. The fraction of sp³-hybridized carbons (Fsp3) is 0.0625. The predicted octanol–water partition coefficient (Wildman–Crippen LogP) is 4.35. The van der Waals surface area contributed by atoms with Gasteiger partial charge in [0.25, 0.3) is 0 Å². The molecule has 0 aliphatic rings. The molecule has 0 saturated heterocycles. The van der Waals surface area contributed by atoms with Gasteiger partial charge in [-0.05, 0) is 30.4 Å². The second-order valence-corrected chi connectivity index (χ2v) is 4.87. The third-order valence-corrected chi connectivity index (χ3v) is 3.16. The molecular weight excluding hydrogens is 304 g/mol. The fourth-order valence-electron chi connectivity index (χ4n) is 1.70. The average Bonchev–Trinajstić information content (AvgIpc) is 2.46. The van der Waals surface area contributed by atoms with E-state index in [0.29, 0.717) is 5.56 Å². The summed E-state index contributed by atoms with van der Waals surface area (Å²) in [6.45, 7) is 0. The number of ketones is 1. The van der Waals surface area contributed by atoms with Crippen molar-refractivity contribution in [1.29, 1.82) is 0 Å². The van der Waals surface area contributed by atoms with E-state index in [1.165, 1.54) is 0 Å². The number of ether oxygens (including phenoxy) is 1. The maximum atomic E-state index is 12.0. The van der Waals surface area contributed by atoms with Crippen LogP contribution >= 0.6 is 15.9 Å². The Morgan fingerprint density at radius 1 is 1.16 bits per heavy atom. The molecule has 0 spiro atoms. The largest absolute Gasteiger partial charge is 0.496 e. The van der Waals surface area contributed by atoms with E-state index >= 15 is 0 Å². The zero-order valence-corrected chi connectivity index (χ0v) is 12.1. The number of carbonyl (C=O) groups is 1. The summed E-state index contributed by atoms with van der Waals surface area (Å²) in [6.07, 6.45) is 3.32. The van der Waals surface area contributed by atoms with Gasteiger partial charge in [0, 0.05) is 15.6 Å². The summed E-state index contributed by atoms with van der Waals surface area (Å²) >= 11 is 3.40. The third kappa shape index (κ3) is 3.55. The van der Waals surface area contributed by atoms with E-state index in [1.807, 2.05) is 36.4 Å². The Balaban J connectivity index is 2.23. The highest BCUT2D eigenvalue weighted by molar-refractivity contribution is 9.10. The lowest BCUT2D eigenvalue weighted by molar-refractivity contribution is 0.104. The number of carbonyl (C=O) groups excluding carboxylic acids is 1. The monoisotopic (exact) mass is 316 g/mol. The molecule has 3 heteroatoms. The van der Waals surface area contributed by atoms with Crippen molar-refractivity contribution in [3.63, 3.8) is 0 Å². The van der Waals surface area contributed by atoms with Gasteiger partial charge in [-0.15, -0.1) is 0 Å². The predicted molar refractivity (Wildman–Crippen MR) is 80.5 cm³/mol. The molecule has 96 valence electrons. The minimum atomic E-state index is -0.0253. The van der Waals surface area contributed by atoms with Gasteiger partial charge in [-0.2, -0.15) is 0 Å². The topological polar surface area (TPSA) is 26.3 Å². The van der Waals surface area contributed by atoms with Crippen molar-refractivity contribution in [2.45, 2.75) is 0 Å². The van der Waals surface area contributed by atoms with Gasteiger partial charge in [0.2, 0.25) is 0 Å². The SMILES string of the molecule is COc1ccc(Br)cc1/C=C/C(=O)c1ccccc1. The van der Waals surface area contributed by atoms with Crippen LogP contribution in [0.25, 0.3) is 6.08 Å². The molecule has 2 aromatic carbocycles. The fourth-order valence-corrected chi connectivity index (χ4v) is 2.08. The van der Waals surface area contributed by atoms with E-state index in [1.54, 1.807) is 31.4 Å². The number of hydrogen-bond donors (Lipinski definition) is 0. The van der Waals surface area contributed by atoms with Gasteiger partial charge in [-0.1, -0.05) is 46.3 Å². The van der Waals surface area contributed by atoms with Gasteiger partial charge in [0.1, 0.15) is 5.75 Å². The van der Waals surface area contributed by atoms with Gasteiger partial charge < -0.3 is 4.74 Å². The van der Waals surface area contributed by atoms with Crippen molar-refractivity contribution in [2.75, 3.05) is 7.11 Å². The summed E-state index contributed by atoms with van der Waals surface area (Å²) in [6, 6.07) is 14.8. The third-order valence-electron chi connectivity index (χ3n) is 2.66. The van der Waals surface area contributed by atoms with Gasteiger partial charge in [0.05, 0.1) is 7.11 Å². The van der Waals surface area contributed by atoms with E-state index in [2.05, 4.69) is 15.9 Å². The molecule has 0 fully saturated rings. The minimum Gasteiger partial charge on any atom is -0.496 e. The molecule has 19 heavy (non-hydrogen) atoms. The lowest BCUT2D eigenvalue weighted by Gasteiger charge is -2.04. The van der Waals surface area contributed by atoms with Crippen molar-refractivity contribution in [3.05, 3.63) is 70.2 Å². The number of halogens is 1. The molecule has 0 aliphatic carbocycles. The van der Waals surface area contributed by atoms with Crippen LogP contribution in [-0.2, 0) is 0 Å². The summed E-state index contributed by atoms with van der Waals surface area (Å²) in [4.78, 5) is 12.0. The maximum Gasteiger partial charge on any atom is 0.185 e. The molecule has 0 unspecified atom stereocenters. The van der Waals surface area contributed by atoms with E-state index in [9.17, 15) is 4.79 Å². The quantitative estimate of drug-likeness (QED) is 0.619. The summed E-state index contributed by atoms with van der Waals surface area (Å²) in [7, 11) is 1.61.